The second-order valence-electron chi connectivity index (χ2n) is 5.04. The Morgan fingerprint density at radius 2 is 2.18 bits per heavy atom. The van der Waals surface area contributed by atoms with Crippen molar-refractivity contribution in [2.75, 3.05) is 6.54 Å². The van der Waals surface area contributed by atoms with Gasteiger partial charge in [0.15, 0.2) is 0 Å². The summed E-state index contributed by atoms with van der Waals surface area (Å²) < 4.78 is 0. The molecular weight excluding hydrogens is 238 g/mol. The van der Waals surface area contributed by atoms with Crippen LogP contribution in [0.1, 0.15) is 37.0 Å². The van der Waals surface area contributed by atoms with E-state index in [-0.39, 0.29) is 22.2 Å². The van der Waals surface area contributed by atoms with Crippen molar-refractivity contribution in [3.8, 4) is 5.75 Å². The lowest BCUT2D eigenvalue weighted by Gasteiger charge is -2.31. The summed E-state index contributed by atoms with van der Waals surface area (Å²) in [5.41, 5.74) is 0.435. The topological polar surface area (TPSA) is 40.5 Å². The van der Waals surface area contributed by atoms with Crippen molar-refractivity contribution in [3.05, 3.63) is 28.8 Å². The zero-order valence-corrected chi connectivity index (χ0v) is 10.8. The highest BCUT2D eigenvalue weighted by Gasteiger charge is 2.35. The highest BCUT2D eigenvalue weighted by atomic mass is 35.5. The van der Waals surface area contributed by atoms with Crippen LogP contribution in [0.2, 0.25) is 5.02 Å². The smallest absolute Gasteiger partial charge is 0.254 e. The van der Waals surface area contributed by atoms with E-state index in [1.807, 2.05) is 4.90 Å². The van der Waals surface area contributed by atoms with Crippen LogP contribution in [0.15, 0.2) is 18.2 Å². The van der Waals surface area contributed by atoms with Crippen molar-refractivity contribution in [1.29, 1.82) is 0 Å². The molecule has 1 aliphatic heterocycles. The van der Waals surface area contributed by atoms with E-state index in [0.29, 0.717) is 5.56 Å². The number of nitrogens with zero attached hydrogens (tertiary/aromatic N) is 1. The normalized spacial score (nSPS) is 18.4. The maximum absolute atomic E-state index is 12.3. The van der Waals surface area contributed by atoms with Gasteiger partial charge in [-0.3, -0.25) is 4.79 Å². The van der Waals surface area contributed by atoms with Gasteiger partial charge in [0.25, 0.3) is 5.91 Å². The molecule has 0 unspecified atom stereocenters. The Morgan fingerprint density at radius 1 is 1.47 bits per heavy atom. The SMILES string of the molecule is CC1(C)CCCN1C(=O)c1ccc(O)c(Cl)c1. The average molecular weight is 254 g/mol. The van der Waals surface area contributed by atoms with Gasteiger partial charge in [-0.1, -0.05) is 11.6 Å². The van der Waals surface area contributed by atoms with Crippen molar-refractivity contribution < 1.29 is 9.90 Å². The van der Waals surface area contributed by atoms with E-state index in [4.69, 9.17) is 11.6 Å². The lowest BCUT2D eigenvalue weighted by molar-refractivity contribution is 0.0652. The lowest BCUT2D eigenvalue weighted by atomic mass is 10.0. The Labute approximate surface area is 106 Å². The Balaban J connectivity index is 2.28. The maximum atomic E-state index is 12.3. The summed E-state index contributed by atoms with van der Waals surface area (Å²) >= 11 is 5.81. The number of aromatic hydroxyl groups is 1. The molecule has 0 bridgehead atoms. The minimum Gasteiger partial charge on any atom is -0.506 e. The fourth-order valence-electron chi connectivity index (χ4n) is 2.28. The number of carbonyl (C=O) groups is 1. The van der Waals surface area contributed by atoms with E-state index in [1.165, 1.54) is 12.1 Å². The second kappa shape index (κ2) is 4.22. The fraction of sp³-hybridized carbons (Fsp3) is 0.462. The molecule has 0 spiro atoms. The van der Waals surface area contributed by atoms with Gasteiger partial charge in [-0.25, -0.2) is 0 Å². The second-order valence-corrected chi connectivity index (χ2v) is 5.45. The maximum Gasteiger partial charge on any atom is 0.254 e. The molecule has 1 heterocycles. The molecule has 0 saturated carbocycles. The molecule has 1 amide bonds. The van der Waals surface area contributed by atoms with Crippen molar-refractivity contribution in [3.63, 3.8) is 0 Å². The summed E-state index contributed by atoms with van der Waals surface area (Å²) in [6.07, 6.45) is 2.05. The summed E-state index contributed by atoms with van der Waals surface area (Å²) in [6, 6.07) is 4.59. The summed E-state index contributed by atoms with van der Waals surface area (Å²) in [7, 11) is 0. The minimum absolute atomic E-state index is 0.00361. The van der Waals surface area contributed by atoms with E-state index in [2.05, 4.69) is 13.8 Å². The Hall–Kier alpha value is -1.22. The molecule has 0 radical (unpaired) electrons. The molecule has 17 heavy (non-hydrogen) atoms. The number of phenols is 1. The molecule has 4 heteroatoms. The third-order valence-corrected chi connectivity index (χ3v) is 3.64. The molecule has 0 aromatic heterocycles. The molecule has 1 aromatic rings. The number of hydrogen-bond donors (Lipinski definition) is 1. The van der Waals surface area contributed by atoms with Gasteiger partial charge in [0.05, 0.1) is 5.02 Å². The highest BCUT2D eigenvalue weighted by Crippen LogP contribution is 2.31. The number of rotatable bonds is 1. The molecule has 1 N–H and O–H groups in total. The van der Waals surface area contributed by atoms with Crippen molar-refractivity contribution in [1.82, 2.24) is 4.90 Å². The molecule has 3 nitrogen and oxygen atoms in total. The first kappa shape index (κ1) is 12.2. The first-order chi connectivity index (χ1) is 7.92. The number of halogens is 1. The van der Waals surface area contributed by atoms with Crippen LogP contribution in [-0.2, 0) is 0 Å². The number of hydrogen-bond acceptors (Lipinski definition) is 2. The number of benzene rings is 1. The van der Waals surface area contributed by atoms with E-state index < -0.39 is 0 Å². The zero-order chi connectivity index (χ0) is 12.6. The molecular formula is C13H16ClNO2. The van der Waals surface area contributed by atoms with Gasteiger partial charge in [0, 0.05) is 17.6 Å². The Bertz CT molecular complexity index is 457. The van der Waals surface area contributed by atoms with Gasteiger partial charge in [0.1, 0.15) is 5.75 Å². The van der Waals surface area contributed by atoms with Crippen LogP contribution in [-0.4, -0.2) is 28.0 Å². The molecule has 1 saturated heterocycles. The lowest BCUT2D eigenvalue weighted by Crippen LogP contribution is -2.42. The third kappa shape index (κ3) is 2.25. The number of amides is 1. The quantitative estimate of drug-likeness (QED) is 0.836. The minimum atomic E-state index is -0.0958. The largest absolute Gasteiger partial charge is 0.506 e. The van der Waals surface area contributed by atoms with Crippen LogP contribution >= 0.6 is 11.6 Å². The zero-order valence-electron chi connectivity index (χ0n) is 10.0. The van der Waals surface area contributed by atoms with Gasteiger partial charge in [-0.2, -0.15) is 0 Å². The monoisotopic (exact) mass is 253 g/mol. The number of carbonyl (C=O) groups excluding carboxylic acids is 1. The molecule has 92 valence electrons. The Morgan fingerprint density at radius 3 is 2.71 bits per heavy atom. The standard InChI is InChI=1S/C13H16ClNO2/c1-13(2)6-3-7-15(13)12(17)9-4-5-11(16)10(14)8-9/h4-5,8,16H,3,6-7H2,1-2H3. The van der Waals surface area contributed by atoms with Gasteiger partial charge >= 0.3 is 0 Å². The first-order valence-electron chi connectivity index (χ1n) is 5.72. The van der Waals surface area contributed by atoms with Gasteiger partial charge in [-0.15, -0.1) is 0 Å². The van der Waals surface area contributed by atoms with Gasteiger partial charge in [0.2, 0.25) is 0 Å². The molecule has 0 aliphatic carbocycles. The molecule has 1 aromatic carbocycles. The van der Waals surface area contributed by atoms with E-state index in [0.717, 1.165) is 19.4 Å². The van der Waals surface area contributed by atoms with Crippen LogP contribution in [0.4, 0.5) is 0 Å². The third-order valence-electron chi connectivity index (χ3n) is 3.34. The van der Waals surface area contributed by atoms with E-state index in [9.17, 15) is 9.90 Å². The predicted octanol–water partition coefficient (Wildman–Crippen LogP) is 3.06. The van der Waals surface area contributed by atoms with Gasteiger partial charge in [-0.05, 0) is 44.9 Å². The van der Waals surface area contributed by atoms with Crippen molar-refractivity contribution in [2.45, 2.75) is 32.2 Å². The number of phenolic OH excluding ortho intramolecular Hbond substituents is 1. The van der Waals surface area contributed by atoms with Crippen LogP contribution in [0.5, 0.6) is 5.75 Å². The summed E-state index contributed by atoms with van der Waals surface area (Å²) in [5, 5.41) is 9.55. The first-order valence-corrected chi connectivity index (χ1v) is 6.10. The predicted molar refractivity (Wildman–Crippen MR) is 67.5 cm³/mol. The van der Waals surface area contributed by atoms with E-state index in [1.54, 1.807) is 6.07 Å². The highest BCUT2D eigenvalue weighted by molar-refractivity contribution is 6.32. The fourth-order valence-corrected chi connectivity index (χ4v) is 2.46. The molecule has 2 rings (SSSR count). The summed E-state index contributed by atoms with van der Waals surface area (Å²) in [4.78, 5) is 14.2. The molecule has 0 atom stereocenters. The van der Waals surface area contributed by atoms with E-state index >= 15 is 0 Å². The number of likely N-dealkylation sites (tertiary alicyclic amines) is 1. The van der Waals surface area contributed by atoms with Crippen LogP contribution in [0.3, 0.4) is 0 Å². The van der Waals surface area contributed by atoms with Crippen LogP contribution < -0.4 is 0 Å². The van der Waals surface area contributed by atoms with Crippen molar-refractivity contribution in [2.24, 2.45) is 0 Å². The van der Waals surface area contributed by atoms with Gasteiger partial charge < -0.3 is 10.0 Å². The van der Waals surface area contributed by atoms with Crippen LogP contribution in [0, 0.1) is 0 Å². The van der Waals surface area contributed by atoms with Crippen LogP contribution in [0.25, 0.3) is 0 Å². The molecule has 1 aliphatic rings. The molecule has 1 fully saturated rings. The summed E-state index contributed by atoms with van der Waals surface area (Å²) in [5.74, 6) is -0.0155. The van der Waals surface area contributed by atoms with Crippen molar-refractivity contribution >= 4 is 17.5 Å². The average Bonchev–Trinajstić information content (AvgIpc) is 2.61. The Kier molecular flexibility index (Phi) is 3.04. The summed E-state index contributed by atoms with van der Waals surface area (Å²) in [6.45, 7) is 4.92.